The average Bonchev–Trinajstić information content (AvgIpc) is 2.63. The van der Waals surface area contributed by atoms with Gasteiger partial charge in [0.1, 0.15) is 10.0 Å². The first-order valence-corrected chi connectivity index (χ1v) is 9.11. The molecule has 0 bridgehead atoms. The van der Waals surface area contributed by atoms with Crippen LogP contribution in [0.3, 0.4) is 0 Å². The van der Waals surface area contributed by atoms with Crippen molar-refractivity contribution in [1.82, 2.24) is 0 Å². The zero-order valence-electron chi connectivity index (χ0n) is 14.2. The van der Waals surface area contributed by atoms with Crippen LogP contribution in [0.1, 0.15) is 6.42 Å². The van der Waals surface area contributed by atoms with Crippen molar-refractivity contribution in [2.75, 3.05) is 16.4 Å². The Hall–Kier alpha value is -3.25. The number of rotatable bonds is 8. The minimum Gasteiger partial charge on any atom is -0.481 e. The highest BCUT2D eigenvalue weighted by atomic mass is 32.2. The maximum atomic E-state index is 11.2. The third kappa shape index (κ3) is 6.17. The number of carbonyl (C=O) groups is 1. The summed E-state index contributed by atoms with van der Waals surface area (Å²) < 4.78 is 0.424. The van der Waals surface area contributed by atoms with Crippen LogP contribution >= 0.6 is 24.0 Å². The molecule has 0 spiro atoms. The Morgan fingerprint density at radius 1 is 1.07 bits per heavy atom. The third-order valence-electron chi connectivity index (χ3n) is 3.35. The fourth-order valence-electron chi connectivity index (χ4n) is 2.07. The molecule has 0 atom stereocenters. The normalized spacial score (nSPS) is 10.1. The second kappa shape index (κ2) is 9.62. The number of hydrogen-bond acceptors (Lipinski definition) is 8. The summed E-state index contributed by atoms with van der Waals surface area (Å²) in [4.78, 5) is 31.0. The molecule has 0 amide bonds. The second-order valence-electron chi connectivity index (χ2n) is 5.32. The van der Waals surface area contributed by atoms with E-state index in [0.717, 1.165) is 6.07 Å². The van der Waals surface area contributed by atoms with Crippen molar-refractivity contribution >= 4 is 62.7 Å². The van der Waals surface area contributed by atoms with Gasteiger partial charge in [0, 0.05) is 23.2 Å². The molecule has 0 radical (unpaired) electrons. The van der Waals surface area contributed by atoms with Gasteiger partial charge in [0.2, 0.25) is 0 Å². The van der Waals surface area contributed by atoms with E-state index in [-0.39, 0.29) is 17.8 Å². The zero-order chi connectivity index (χ0) is 20.7. The van der Waals surface area contributed by atoms with E-state index in [1.807, 2.05) is 0 Å². The van der Waals surface area contributed by atoms with Crippen molar-refractivity contribution in [3.05, 3.63) is 62.7 Å². The number of nitrogens with zero attached hydrogens (tertiary/aromatic N) is 2. The van der Waals surface area contributed by atoms with E-state index in [2.05, 4.69) is 10.6 Å². The minimum absolute atomic E-state index is 0.00333. The summed E-state index contributed by atoms with van der Waals surface area (Å²) in [5.74, 6) is -0.545. The Balaban J connectivity index is 2.04. The molecule has 2 aromatic carbocycles. The van der Waals surface area contributed by atoms with Gasteiger partial charge in [-0.3, -0.25) is 25.0 Å². The number of nitro benzene ring substituents is 2. The van der Waals surface area contributed by atoms with E-state index in [9.17, 15) is 25.0 Å². The number of carboxylic acids is 1. The Bertz CT molecular complexity index is 920. The monoisotopic (exact) mass is 422 g/mol. The molecule has 0 aromatic heterocycles. The number of anilines is 3. The number of nitrogens with one attached hydrogen (secondary N) is 2. The molecule has 0 saturated heterocycles. The van der Waals surface area contributed by atoms with Crippen LogP contribution in [0.25, 0.3) is 0 Å². The first kappa shape index (κ1) is 21.1. The number of thiocarbonyl (C=S) groups is 1. The molecular formula is C16H14N4O6S2. The SMILES string of the molecule is O=C(O)CCSC(=S)Nc1ccc(Nc2ccc([N+](=O)[O-])cc2[N+](=O)[O-])cc1. The van der Waals surface area contributed by atoms with Gasteiger partial charge in [-0.05, 0) is 30.3 Å². The molecule has 0 heterocycles. The van der Waals surface area contributed by atoms with Gasteiger partial charge >= 0.3 is 5.97 Å². The second-order valence-corrected chi connectivity index (χ2v) is 7.09. The highest BCUT2D eigenvalue weighted by Crippen LogP contribution is 2.31. The molecule has 0 unspecified atom stereocenters. The summed E-state index contributed by atoms with van der Waals surface area (Å²) >= 11 is 6.33. The number of aliphatic carboxylic acids is 1. The summed E-state index contributed by atoms with van der Waals surface area (Å²) in [5, 5.41) is 36.4. The van der Waals surface area contributed by atoms with Gasteiger partial charge in [-0.1, -0.05) is 24.0 Å². The highest BCUT2D eigenvalue weighted by Gasteiger charge is 2.19. The standard InChI is InChI=1S/C16H14N4O6S2/c21-15(22)7-8-28-16(27)18-11-3-1-10(2-4-11)17-13-6-5-12(19(23)24)9-14(13)20(25)26/h1-6,9,17H,7-8H2,(H,18,27)(H,21,22). The number of carboxylic acid groups (broad SMARTS) is 1. The predicted octanol–water partition coefficient (Wildman–Crippen LogP) is 4.15. The summed E-state index contributed by atoms with van der Waals surface area (Å²) in [6.07, 6.45) is 0.00333. The average molecular weight is 422 g/mol. The smallest absolute Gasteiger partial charge is 0.304 e. The molecule has 2 rings (SSSR count). The number of nitro groups is 2. The van der Waals surface area contributed by atoms with E-state index < -0.39 is 21.5 Å². The fourth-order valence-corrected chi connectivity index (χ4v) is 3.09. The van der Waals surface area contributed by atoms with Crippen molar-refractivity contribution in [3.8, 4) is 0 Å². The van der Waals surface area contributed by atoms with Gasteiger partial charge in [0.15, 0.2) is 0 Å². The lowest BCUT2D eigenvalue weighted by Gasteiger charge is -2.10. The van der Waals surface area contributed by atoms with Crippen molar-refractivity contribution < 1.29 is 19.7 Å². The Morgan fingerprint density at radius 2 is 1.71 bits per heavy atom. The van der Waals surface area contributed by atoms with Gasteiger partial charge < -0.3 is 15.7 Å². The lowest BCUT2D eigenvalue weighted by atomic mass is 10.2. The molecule has 0 aliphatic heterocycles. The quantitative estimate of drug-likeness (QED) is 0.322. The summed E-state index contributed by atoms with van der Waals surface area (Å²) in [7, 11) is 0. The predicted molar refractivity (Wildman–Crippen MR) is 110 cm³/mol. The van der Waals surface area contributed by atoms with Gasteiger partial charge in [0.05, 0.1) is 22.3 Å². The fraction of sp³-hybridized carbons (Fsp3) is 0.125. The van der Waals surface area contributed by atoms with E-state index in [1.165, 1.54) is 23.9 Å². The van der Waals surface area contributed by atoms with E-state index in [4.69, 9.17) is 17.3 Å². The summed E-state index contributed by atoms with van der Waals surface area (Å²) in [5.41, 5.74) is 0.540. The molecule has 3 N–H and O–H groups in total. The topological polar surface area (TPSA) is 148 Å². The number of non-ortho nitro benzene ring substituents is 1. The largest absolute Gasteiger partial charge is 0.481 e. The van der Waals surface area contributed by atoms with Crippen LogP contribution in [0.5, 0.6) is 0 Å². The molecule has 10 nitrogen and oxygen atoms in total. The van der Waals surface area contributed by atoms with Crippen LogP contribution in [0, 0.1) is 20.2 Å². The summed E-state index contributed by atoms with van der Waals surface area (Å²) in [6, 6.07) is 10.0. The molecule has 0 aliphatic carbocycles. The van der Waals surface area contributed by atoms with Crippen molar-refractivity contribution in [3.63, 3.8) is 0 Å². The number of hydrogen-bond donors (Lipinski definition) is 3. The third-order valence-corrected chi connectivity index (χ3v) is 4.58. The van der Waals surface area contributed by atoms with E-state index in [0.29, 0.717) is 21.4 Å². The van der Waals surface area contributed by atoms with Gasteiger partial charge in [0.25, 0.3) is 11.4 Å². The number of benzene rings is 2. The van der Waals surface area contributed by atoms with E-state index in [1.54, 1.807) is 24.3 Å². The van der Waals surface area contributed by atoms with Crippen molar-refractivity contribution in [1.29, 1.82) is 0 Å². The van der Waals surface area contributed by atoms with E-state index >= 15 is 0 Å². The first-order chi connectivity index (χ1) is 13.3. The molecule has 12 heteroatoms. The summed E-state index contributed by atoms with van der Waals surface area (Å²) in [6.45, 7) is 0. The van der Waals surface area contributed by atoms with Crippen molar-refractivity contribution in [2.24, 2.45) is 0 Å². The lowest BCUT2D eigenvalue weighted by Crippen LogP contribution is -2.07. The van der Waals surface area contributed by atoms with Gasteiger partial charge in [-0.15, -0.1) is 0 Å². The first-order valence-electron chi connectivity index (χ1n) is 7.72. The number of thioether (sulfide) groups is 1. The van der Waals surface area contributed by atoms with Crippen LogP contribution in [0.4, 0.5) is 28.4 Å². The Labute approximate surface area is 168 Å². The molecule has 28 heavy (non-hydrogen) atoms. The van der Waals surface area contributed by atoms with Crippen LogP contribution < -0.4 is 10.6 Å². The van der Waals surface area contributed by atoms with Crippen LogP contribution in [-0.4, -0.2) is 31.0 Å². The maximum Gasteiger partial charge on any atom is 0.304 e. The van der Waals surface area contributed by atoms with Crippen LogP contribution in [0.2, 0.25) is 0 Å². The van der Waals surface area contributed by atoms with Crippen molar-refractivity contribution in [2.45, 2.75) is 6.42 Å². The Kier molecular flexibility index (Phi) is 7.23. The van der Waals surface area contributed by atoms with Crippen LogP contribution in [0.15, 0.2) is 42.5 Å². The molecular weight excluding hydrogens is 408 g/mol. The molecule has 0 saturated carbocycles. The lowest BCUT2D eigenvalue weighted by molar-refractivity contribution is -0.393. The molecule has 0 fully saturated rings. The van der Waals surface area contributed by atoms with Gasteiger partial charge in [-0.2, -0.15) is 0 Å². The minimum atomic E-state index is -0.897. The Morgan fingerprint density at radius 3 is 2.29 bits per heavy atom. The van der Waals surface area contributed by atoms with Gasteiger partial charge in [-0.25, -0.2) is 0 Å². The molecule has 0 aliphatic rings. The highest BCUT2D eigenvalue weighted by molar-refractivity contribution is 8.23. The maximum absolute atomic E-state index is 11.2. The molecule has 146 valence electrons. The van der Waals surface area contributed by atoms with Crippen LogP contribution in [-0.2, 0) is 4.79 Å². The zero-order valence-corrected chi connectivity index (χ0v) is 15.8. The molecule has 2 aromatic rings.